The number of thioether (sulfide) groups is 1. The first-order valence-electron chi connectivity index (χ1n) is 11.2. The summed E-state index contributed by atoms with van der Waals surface area (Å²) in [5.74, 6) is 1.08. The number of para-hydroxylation sites is 1. The minimum Gasteiger partial charge on any atom is -0.784 e. The third-order valence-corrected chi connectivity index (χ3v) is 5.68. The summed E-state index contributed by atoms with van der Waals surface area (Å²) in [4.78, 5) is 32.5. The maximum atomic E-state index is 12.2. The Hall–Kier alpha value is -0.724. The second-order valence-corrected chi connectivity index (χ2v) is 8.96. The van der Waals surface area contributed by atoms with Gasteiger partial charge in [-0.1, -0.05) is 51.5 Å². The van der Waals surface area contributed by atoms with Crippen LogP contribution in [0.5, 0.6) is 5.75 Å². The van der Waals surface area contributed by atoms with Crippen molar-refractivity contribution in [2.45, 2.75) is 58.9 Å². The van der Waals surface area contributed by atoms with Gasteiger partial charge in [0, 0.05) is 19.2 Å². The number of carbonyl (C=O) groups excluding carboxylic acids is 3. The van der Waals surface area contributed by atoms with Crippen molar-refractivity contribution in [3.63, 3.8) is 0 Å². The number of ether oxygens (including phenoxy) is 2. The number of nitrogens with zero attached hydrogens (tertiary/aromatic N) is 2. The van der Waals surface area contributed by atoms with Crippen molar-refractivity contribution in [2.75, 3.05) is 33.1 Å². The molecule has 1 aliphatic rings. The fourth-order valence-electron chi connectivity index (χ4n) is 2.56. The first-order valence-corrected chi connectivity index (χ1v) is 12.2. The number of hydrogen-bond acceptors (Lipinski definition) is 8. The molecule has 2 rings (SSSR count). The van der Waals surface area contributed by atoms with Crippen LogP contribution in [0.25, 0.3) is 0 Å². The molecule has 1 saturated heterocycles. The molecule has 0 radical (unpaired) electrons. The molecule has 0 spiro atoms. The minimum absolute atomic E-state index is 0. The Balaban J connectivity index is -0.000000605. The van der Waals surface area contributed by atoms with Crippen LogP contribution in [0.1, 0.15) is 48.0 Å². The van der Waals surface area contributed by atoms with Crippen molar-refractivity contribution in [3.05, 3.63) is 47.2 Å². The Labute approximate surface area is 258 Å². The molecule has 1 aromatic rings. The van der Waals surface area contributed by atoms with E-state index in [1.807, 2.05) is 44.0 Å². The molecule has 0 bridgehead atoms. The average Bonchev–Trinajstić information content (AvgIpc) is 3.38. The molecular formula is C25H41KN2O6S. The minimum atomic E-state index is -0.653. The molecule has 0 saturated carbocycles. The molecule has 1 fully saturated rings. The van der Waals surface area contributed by atoms with Crippen LogP contribution in [0.4, 0.5) is 0 Å². The van der Waals surface area contributed by atoms with Gasteiger partial charge in [0.05, 0.1) is 18.6 Å². The van der Waals surface area contributed by atoms with Crippen LogP contribution in [0.2, 0.25) is 0 Å². The van der Waals surface area contributed by atoms with E-state index < -0.39 is 10.9 Å². The Morgan fingerprint density at radius 1 is 1.20 bits per heavy atom. The molecule has 3 unspecified atom stereocenters. The standard InChI is InChI=1S/C14H23N2O4S.C7H8O.C3H8.CH2O.K/c1-6-20-13(18)10(3)8-9-15(5)12(17)11-14(4,16(11)19)21-7-2;1-8-7-5-3-2-4-6-7;1-3-2;1-2;/h8,11H,6-7,9H2,1-5H3;2-6H,1H3;3H2,1-2H3;1H2;/q-1;;;;+1/b10-8+;;;;. The predicted octanol–water partition coefficient (Wildman–Crippen LogP) is 1.54. The van der Waals surface area contributed by atoms with Gasteiger partial charge < -0.3 is 29.4 Å². The van der Waals surface area contributed by atoms with Crippen LogP contribution >= 0.6 is 11.8 Å². The van der Waals surface area contributed by atoms with Crippen LogP contribution in [0, 0.1) is 5.21 Å². The Morgan fingerprint density at radius 3 is 2.11 bits per heavy atom. The molecule has 3 atom stereocenters. The van der Waals surface area contributed by atoms with Crippen LogP contribution in [0.15, 0.2) is 42.0 Å². The normalized spacial score (nSPS) is 19.5. The fourth-order valence-corrected chi connectivity index (χ4v) is 3.68. The number of esters is 1. The second-order valence-electron chi connectivity index (χ2n) is 7.27. The van der Waals surface area contributed by atoms with Crippen molar-refractivity contribution >= 4 is 30.4 Å². The Kier molecular flexibility index (Phi) is 24.9. The Bertz CT molecular complexity index is 738. The summed E-state index contributed by atoms with van der Waals surface area (Å²) in [5.41, 5.74) is 0.456. The van der Waals surface area contributed by atoms with Gasteiger partial charge in [-0.25, -0.2) is 4.79 Å². The largest absolute Gasteiger partial charge is 1.00 e. The Morgan fingerprint density at radius 2 is 1.71 bits per heavy atom. The first-order chi connectivity index (χ1) is 16.1. The molecule has 1 heterocycles. The zero-order valence-electron chi connectivity index (χ0n) is 22.8. The van der Waals surface area contributed by atoms with E-state index in [0.717, 1.165) is 16.6 Å². The van der Waals surface area contributed by atoms with Gasteiger partial charge in [0.25, 0.3) is 0 Å². The summed E-state index contributed by atoms with van der Waals surface area (Å²) in [7, 11) is 3.29. The first kappa shape index (κ1) is 38.8. The van der Waals surface area contributed by atoms with Crippen molar-refractivity contribution in [3.8, 4) is 5.75 Å². The molecule has 1 aliphatic heterocycles. The molecule has 194 valence electrons. The van der Waals surface area contributed by atoms with Gasteiger partial charge in [-0.3, -0.25) is 4.79 Å². The zero-order valence-corrected chi connectivity index (χ0v) is 26.8. The second kappa shape index (κ2) is 22.5. The van der Waals surface area contributed by atoms with Gasteiger partial charge >= 0.3 is 57.4 Å². The molecule has 0 N–H and O–H groups in total. The van der Waals surface area contributed by atoms with Gasteiger partial charge in [0.2, 0.25) is 5.91 Å². The summed E-state index contributed by atoms with van der Waals surface area (Å²) < 4.78 is 9.78. The quantitative estimate of drug-likeness (QED) is 0.214. The van der Waals surface area contributed by atoms with E-state index >= 15 is 0 Å². The van der Waals surface area contributed by atoms with E-state index in [2.05, 4.69) is 13.8 Å². The van der Waals surface area contributed by atoms with E-state index in [1.165, 1.54) is 23.1 Å². The van der Waals surface area contributed by atoms with Gasteiger partial charge in [0.15, 0.2) is 0 Å². The third-order valence-electron chi connectivity index (χ3n) is 4.41. The number of carbonyl (C=O) groups is 3. The van der Waals surface area contributed by atoms with Crippen LogP contribution < -0.4 is 56.1 Å². The number of benzene rings is 1. The van der Waals surface area contributed by atoms with Gasteiger partial charge in [-0.05, 0) is 38.7 Å². The number of likely N-dealkylation sites (N-methyl/N-ethyl adjacent to an activating group) is 1. The number of methoxy groups -OCH3 is 1. The molecule has 8 nitrogen and oxygen atoms in total. The van der Waals surface area contributed by atoms with E-state index in [1.54, 1.807) is 41.0 Å². The number of hydroxylamine groups is 2. The maximum Gasteiger partial charge on any atom is 1.00 e. The summed E-state index contributed by atoms with van der Waals surface area (Å²) in [5, 5.41) is 12.6. The summed E-state index contributed by atoms with van der Waals surface area (Å²) >= 11 is 1.47. The van der Waals surface area contributed by atoms with Crippen LogP contribution in [0.3, 0.4) is 0 Å². The van der Waals surface area contributed by atoms with Crippen molar-refractivity contribution < 1.29 is 75.2 Å². The van der Waals surface area contributed by atoms with Crippen molar-refractivity contribution in [1.29, 1.82) is 0 Å². The molecule has 1 amide bonds. The molecule has 1 aromatic carbocycles. The fraction of sp³-hybridized carbons (Fsp3) is 0.560. The maximum absolute atomic E-state index is 12.2. The average molecular weight is 537 g/mol. The van der Waals surface area contributed by atoms with E-state index in [4.69, 9.17) is 14.3 Å². The number of rotatable bonds is 8. The van der Waals surface area contributed by atoms with Gasteiger partial charge in [0.1, 0.15) is 18.6 Å². The van der Waals surface area contributed by atoms with E-state index in [9.17, 15) is 14.8 Å². The molecule has 35 heavy (non-hydrogen) atoms. The number of amides is 1. The SMILES string of the molecule is C=O.CCC.CCOC(=O)/C(C)=C/CN(C)C(=O)C1N([O-])C1(C)SCC.COc1ccccc1.[K+]. The van der Waals surface area contributed by atoms with E-state index in [0.29, 0.717) is 12.2 Å². The smallest absolute Gasteiger partial charge is 0.784 e. The molecule has 10 heteroatoms. The summed E-state index contributed by atoms with van der Waals surface area (Å²) in [6.07, 6.45) is 2.89. The monoisotopic (exact) mass is 536 g/mol. The number of hydrogen-bond donors (Lipinski definition) is 0. The van der Waals surface area contributed by atoms with Gasteiger partial charge in [-0.15, -0.1) is 11.8 Å². The molecule has 0 aliphatic carbocycles. The zero-order chi connectivity index (χ0) is 26.7. The predicted molar refractivity (Wildman–Crippen MR) is 140 cm³/mol. The van der Waals surface area contributed by atoms with Crippen molar-refractivity contribution in [1.82, 2.24) is 9.96 Å². The van der Waals surface area contributed by atoms with Crippen LogP contribution in [-0.4, -0.2) is 72.6 Å². The third kappa shape index (κ3) is 14.6. The van der Waals surface area contributed by atoms with Gasteiger partial charge in [-0.2, -0.15) is 0 Å². The summed E-state index contributed by atoms with van der Waals surface area (Å²) in [6.45, 7) is 14.0. The van der Waals surface area contributed by atoms with E-state index in [-0.39, 0.29) is 69.8 Å². The van der Waals surface area contributed by atoms with Crippen LogP contribution in [-0.2, 0) is 19.1 Å². The topological polar surface area (TPSA) is 99.0 Å². The summed E-state index contributed by atoms with van der Waals surface area (Å²) in [6, 6.07) is 9.05. The van der Waals surface area contributed by atoms with Crippen molar-refractivity contribution in [2.24, 2.45) is 0 Å². The molecular weight excluding hydrogens is 495 g/mol. The molecule has 0 aromatic heterocycles.